The zero-order valence-corrected chi connectivity index (χ0v) is 12.2. The van der Waals surface area contributed by atoms with Crippen LogP contribution in [0, 0.1) is 3.57 Å². The molecule has 0 amide bonds. The molecule has 2 N–H and O–H groups in total. The Morgan fingerprint density at radius 1 is 1.41 bits per heavy atom. The fourth-order valence-electron chi connectivity index (χ4n) is 1.95. The van der Waals surface area contributed by atoms with Crippen molar-refractivity contribution in [3.63, 3.8) is 0 Å². The second-order valence-corrected chi connectivity index (χ2v) is 5.34. The third-order valence-corrected chi connectivity index (χ3v) is 3.46. The Morgan fingerprint density at radius 3 is 2.82 bits per heavy atom. The van der Waals surface area contributed by atoms with Crippen LogP contribution >= 0.6 is 22.6 Å². The Bertz CT molecular complexity index is 531. The summed E-state index contributed by atoms with van der Waals surface area (Å²) in [6.45, 7) is 2.16. The molecule has 1 heterocycles. The largest absolute Gasteiger partial charge is 0.384 e. The molecule has 2 aromatic rings. The minimum atomic E-state index is 0.778. The quantitative estimate of drug-likeness (QED) is 0.871. The van der Waals surface area contributed by atoms with Gasteiger partial charge < -0.3 is 5.73 Å². The Hall–Kier alpha value is -1.04. The van der Waals surface area contributed by atoms with Gasteiger partial charge in [0.05, 0.1) is 5.69 Å². The number of hydrogen-bond donors (Lipinski definition) is 1. The number of anilines is 1. The van der Waals surface area contributed by atoms with E-state index in [-0.39, 0.29) is 0 Å². The standard InChI is InChI=1S/C13H16IN3/c1-3-5-11-12(16-17(2)13(11)15)9-6-4-7-10(14)8-9/h4,6-8H,3,5,15H2,1-2H3. The highest BCUT2D eigenvalue weighted by Crippen LogP contribution is 2.28. The van der Waals surface area contributed by atoms with Gasteiger partial charge in [-0.2, -0.15) is 5.10 Å². The Kier molecular flexibility index (Phi) is 3.71. The van der Waals surface area contributed by atoms with E-state index in [1.807, 2.05) is 7.05 Å². The molecule has 0 bridgehead atoms. The minimum Gasteiger partial charge on any atom is -0.384 e. The smallest absolute Gasteiger partial charge is 0.125 e. The van der Waals surface area contributed by atoms with Crippen molar-refractivity contribution >= 4 is 28.4 Å². The fraction of sp³-hybridized carbons (Fsp3) is 0.308. The Morgan fingerprint density at radius 2 is 2.18 bits per heavy atom. The summed E-state index contributed by atoms with van der Waals surface area (Å²) in [5, 5.41) is 4.53. The average molecular weight is 341 g/mol. The lowest BCUT2D eigenvalue weighted by atomic mass is 10.0. The van der Waals surface area contributed by atoms with Crippen molar-refractivity contribution < 1.29 is 0 Å². The summed E-state index contributed by atoms with van der Waals surface area (Å²) in [5.74, 6) is 0.778. The van der Waals surface area contributed by atoms with Crippen LogP contribution in [0.2, 0.25) is 0 Å². The minimum absolute atomic E-state index is 0.778. The third-order valence-electron chi connectivity index (χ3n) is 2.79. The van der Waals surface area contributed by atoms with Crippen LogP contribution in [0.5, 0.6) is 0 Å². The predicted molar refractivity (Wildman–Crippen MR) is 79.8 cm³/mol. The van der Waals surface area contributed by atoms with E-state index in [0.29, 0.717) is 0 Å². The number of rotatable bonds is 3. The molecule has 0 radical (unpaired) electrons. The lowest BCUT2D eigenvalue weighted by Gasteiger charge is -2.02. The topological polar surface area (TPSA) is 43.8 Å². The van der Waals surface area contributed by atoms with E-state index in [9.17, 15) is 0 Å². The normalized spacial score (nSPS) is 10.8. The molecule has 4 heteroatoms. The monoisotopic (exact) mass is 341 g/mol. The molecule has 3 nitrogen and oxygen atoms in total. The maximum Gasteiger partial charge on any atom is 0.125 e. The molecule has 17 heavy (non-hydrogen) atoms. The summed E-state index contributed by atoms with van der Waals surface area (Å²) in [5.41, 5.74) is 9.39. The molecule has 1 aromatic heterocycles. The molecule has 0 saturated heterocycles. The third kappa shape index (κ3) is 2.46. The molecular weight excluding hydrogens is 325 g/mol. The zero-order chi connectivity index (χ0) is 12.4. The summed E-state index contributed by atoms with van der Waals surface area (Å²) < 4.78 is 2.98. The maximum atomic E-state index is 6.06. The Balaban J connectivity index is 2.55. The van der Waals surface area contributed by atoms with Gasteiger partial charge in [0.15, 0.2) is 0 Å². The van der Waals surface area contributed by atoms with Crippen molar-refractivity contribution in [1.29, 1.82) is 0 Å². The Labute approximate surface area is 115 Å². The highest BCUT2D eigenvalue weighted by atomic mass is 127. The van der Waals surface area contributed by atoms with Crippen LogP contribution in [0.15, 0.2) is 24.3 Å². The maximum absolute atomic E-state index is 6.06. The fourth-order valence-corrected chi connectivity index (χ4v) is 2.49. The highest BCUT2D eigenvalue weighted by molar-refractivity contribution is 14.1. The van der Waals surface area contributed by atoms with Gasteiger partial charge >= 0.3 is 0 Å². The molecule has 2 rings (SSSR count). The van der Waals surface area contributed by atoms with Gasteiger partial charge in [-0.15, -0.1) is 0 Å². The summed E-state index contributed by atoms with van der Waals surface area (Å²) in [6, 6.07) is 8.36. The lowest BCUT2D eigenvalue weighted by molar-refractivity contribution is 0.781. The predicted octanol–water partition coefficient (Wildman–Crippen LogP) is 3.23. The summed E-state index contributed by atoms with van der Waals surface area (Å²) in [7, 11) is 1.89. The van der Waals surface area contributed by atoms with Crippen LogP contribution in [0.3, 0.4) is 0 Å². The number of nitrogens with zero attached hydrogens (tertiary/aromatic N) is 2. The lowest BCUT2D eigenvalue weighted by Crippen LogP contribution is -1.99. The molecule has 0 fully saturated rings. The molecule has 0 aliphatic rings. The van der Waals surface area contributed by atoms with Crippen LogP contribution in [0.25, 0.3) is 11.3 Å². The van der Waals surface area contributed by atoms with E-state index in [2.05, 4.69) is 58.9 Å². The van der Waals surface area contributed by atoms with E-state index in [0.717, 1.165) is 35.5 Å². The van der Waals surface area contributed by atoms with Crippen LogP contribution in [-0.4, -0.2) is 9.78 Å². The number of halogens is 1. The number of aromatic nitrogens is 2. The number of hydrogen-bond acceptors (Lipinski definition) is 2. The molecule has 0 aliphatic heterocycles. The van der Waals surface area contributed by atoms with Gasteiger partial charge in [0.25, 0.3) is 0 Å². The molecule has 0 unspecified atom stereocenters. The summed E-state index contributed by atoms with van der Waals surface area (Å²) in [6.07, 6.45) is 2.05. The van der Waals surface area contributed by atoms with Gasteiger partial charge in [-0.25, -0.2) is 0 Å². The van der Waals surface area contributed by atoms with Crippen LogP contribution in [0.4, 0.5) is 5.82 Å². The molecule has 0 aliphatic carbocycles. The van der Waals surface area contributed by atoms with E-state index < -0.39 is 0 Å². The molecular formula is C13H16IN3. The first kappa shape index (κ1) is 12.4. The highest BCUT2D eigenvalue weighted by Gasteiger charge is 2.14. The van der Waals surface area contributed by atoms with Crippen molar-refractivity contribution in [3.8, 4) is 11.3 Å². The van der Waals surface area contributed by atoms with Crippen molar-refractivity contribution in [2.45, 2.75) is 19.8 Å². The first-order valence-corrected chi connectivity index (χ1v) is 6.78. The molecule has 1 aromatic carbocycles. The van der Waals surface area contributed by atoms with Crippen molar-refractivity contribution in [2.75, 3.05) is 5.73 Å². The first-order valence-electron chi connectivity index (χ1n) is 5.70. The van der Waals surface area contributed by atoms with E-state index in [1.165, 1.54) is 3.57 Å². The van der Waals surface area contributed by atoms with E-state index in [4.69, 9.17) is 5.73 Å². The van der Waals surface area contributed by atoms with Gasteiger partial charge in [0.1, 0.15) is 5.82 Å². The van der Waals surface area contributed by atoms with E-state index in [1.54, 1.807) is 4.68 Å². The van der Waals surface area contributed by atoms with Gasteiger partial charge in [-0.05, 0) is 41.1 Å². The van der Waals surface area contributed by atoms with Gasteiger partial charge in [0, 0.05) is 21.7 Å². The average Bonchev–Trinajstić information content (AvgIpc) is 2.58. The number of nitrogen functional groups attached to an aromatic ring is 1. The second-order valence-electron chi connectivity index (χ2n) is 4.10. The van der Waals surface area contributed by atoms with Crippen molar-refractivity contribution in [2.24, 2.45) is 7.05 Å². The van der Waals surface area contributed by atoms with Gasteiger partial charge in [-0.3, -0.25) is 4.68 Å². The number of nitrogens with two attached hydrogens (primary N) is 1. The first-order chi connectivity index (χ1) is 8.13. The summed E-state index contributed by atoms with van der Waals surface area (Å²) in [4.78, 5) is 0. The van der Waals surface area contributed by atoms with Gasteiger partial charge in [0.2, 0.25) is 0 Å². The second kappa shape index (κ2) is 5.08. The molecule has 0 atom stereocenters. The van der Waals surface area contributed by atoms with Crippen LogP contribution < -0.4 is 5.73 Å². The van der Waals surface area contributed by atoms with E-state index >= 15 is 0 Å². The molecule has 90 valence electrons. The van der Waals surface area contributed by atoms with Gasteiger partial charge in [-0.1, -0.05) is 25.5 Å². The number of aryl methyl sites for hydroxylation is 1. The van der Waals surface area contributed by atoms with Crippen molar-refractivity contribution in [1.82, 2.24) is 9.78 Å². The summed E-state index contributed by atoms with van der Waals surface area (Å²) >= 11 is 2.31. The zero-order valence-electron chi connectivity index (χ0n) is 10.1. The molecule has 0 saturated carbocycles. The van der Waals surface area contributed by atoms with Crippen LogP contribution in [0.1, 0.15) is 18.9 Å². The molecule has 0 spiro atoms. The number of benzene rings is 1. The van der Waals surface area contributed by atoms with Crippen LogP contribution in [-0.2, 0) is 13.5 Å². The SMILES string of the molecule is CCCc1c(-c2cccc(I)c2)nn(C)c1N. The van der Waals surface area contributed by atoms with Crippen molar-refractivity contribution in [3.05, 3.63) is 33.4 Å².